The number of oxazole rings is 1. The van der Waals surface area contributed by atoms with Gasteiger partial charge in [0, 0.05) is 5.56 Å². The normalized spacial score (nSPS) is 10.1. The highest BCUT2D eigenvalue weighted by Gasteiger charge is 2.20. The maximum atomic E-state index is 11.5. The Hall–Kier alpha value is -2.54. The zero-order valence-corrected chi connectivity index (χ0v) is 10.5. The van der Waals surface area contributed by atoms with E-state index in [0.717, 1.165) is 0 Å². The van der Waals surface area contributed by atoms with Gasteiger partial charge in [-0.3, -0.25) is 5.43 Å². The van der Waals surface area contributed by atoms with E-state index in [2.05, 4.69) is 15.1 Å². The Morgan fingerprint density at radius 2 is 2.00 bits per heavy atom. The van der Waals surface area contributed by atoms with Crippen LogP contribution in [0.25, 0.3) is 11.5 Å². The van der Waals surface area contributed by atoms with Crippen molar-refractivity contribution in [2.24, 2.45) is 5.84 Å². The predicted molar refractivity (Wildman–Crippen MR) is 67.6 cm³/mol. The van der Waals surface area contributed by atoms with Crippen LogP contribution in [0, 0.1) is 0 Å². The molecule has 0 amide bonds. The van der Waals surface area contributed by atoms with Crippen LogP contribution >= 0.6 is 0 Å². The summed E-state index contributed by atoms with van der Waals surface area (Å²) in [4.78, 5) is 15.5. The number of hydrazine groups is 1. The van der Waals surface area contributed by atoms with Gasteiger partial charge in [0.2, 0.25) is 17.5 Å². The third kappa shape index (κ3) is 2.50. The summed E-state index contributed by atoms with van der Waals surface area (Å²) >= 11 is 0. The Morgan fingerprint density at radius 3 is 2.53 bits per heavy atom. The van der Waals surface area contributed by atoms with E-state index in [0.29, 0.717) is 11.3 Å². The van der Waals surface area contributed by atoms with Gasteiger partial charge < -0.3 is 13.9 Å². The molecule has 1 heterocycles. The molecule has 19 heavy (non-hydrogen) atoms. The van der Waals surface area contributed by atoms with E-state index in [1.807, 2.05) is 0 Å². The molecule has 0 saturated heterocycles. The van der Waals surface area contributed by atoms with Gasteiger partial charge in [-0.15, -0.1) is 0 Å². The molecule has 2 rings (SSSR count). The molecule has 0 atom stereocenters. The number of hydrogen-bond acceptors (Lipinski definition) is 7. The maximum absolute atomic E-state index is 11.5. The molecule has 2 aromatic rings. The molecule has 0 fully saturated rings. The van der Waals surface area contributed by atoms with Crippen molar-refractivity contribution in [3.63, 3.8) is 0 Å². The van der Waals surface area contributed by atoms with Crippen molar-refractivity contribution in [3.05, 3.63) is 30.0 Å². The van der Waals surface area contributed by atoms with Crippen molar-refractivity contribution in [3.8, 4) is 17.2 Å². The van der Waals surface area contributed by atoms with Gasteiger partial charge in [-0.2, -0.15) is 4.98 Å². The largest absolute Gasteiger partial charge is 0.497 e. The van der Waals surface area contributed by atoms with E-state index in [1.54, 1.807) is 31.4 Å². The summed E-state index contributed by atoms with van der Waals surface area (Å²) in [6, 6.07) is 7.03. The van der Waals surface area contributed by atoms with Gasteiger partial charge in [-0.1, -0.05) is 0 Å². The fourth-order valence-electron chi connectivity index (χ4n) is 1.51. The SMILES string of the molecule is COC(=O)c1nc(-c2ccc(OC)cc2)oc1NN. The highest BCUT2D eigenvalue weighted by Crippen LogP contribution is 2.26. The third-order valence-corrected chi connectivity index (χ3v) is 2.47. The van der Waals surface area contributed by atoms with E-state index < -0.39 is 5.97 Å². The molecule has 0 radical (unpaired) electrons. The first-order chi connectivity index (χ1) is 9.19. The Morgan fingerprint density at radius 1 is 1.32 bits per heavy atom. The van der Waals surface area contributed by atoms with Crippen LogP contribution in [0.15, 0.2) is 28.7 Å². The fourth-order valence-corrected chi connectivity index (χ4v) is 1.51. The summed E-state index contributed by atoms with van der Waals surface area (Å²) in [5, 5.41) is 0. The number of carbonyl (C=O) groups is 1. The van der Waals surface area contributed by atoms with Crippen LogP contribution < -0.4 is 16.0 Å². The van der Waals surface area contributed by atoms with Crippen molar-refractivity contribution in [2.75, 3.05) is 19.6 Å². The number of nitrogens with two attached hydrogens (primary N) is 1. The number of anilines is 1. The molecule has 0 bridgehead atoms. The number of benzene rings is 1. The van der Waals surface area contributed by atoms with Gasteiger partial charge in [-0.05, 0) is 24.3 Å². The molecule has 7 nitrogen and oxygen atoms in total. The second-order valence-electron chi connectivity index (χ2n) is 3.56. The number of ether oxygens (including phenoxy) is 2. The zero-order valence-electron chi connectivity index (χ0n) is 10.5. The van der Waals surface area contributed by atoms with Crippen molar-refractivity contribution in [1.29, 1.82) is 0 Å². The number of nitrogens with one attached hydrogen (secondary N) is 1. The van der Waals surface area contributed by atoms with Crippen LogP contribution in [0.2, 0.25) is 0 Å². The number of nitrogen functional groups attached to an aromatic ring is 1. The van der Waals surface area contributed by atoms with Crippen LogP contribution in [0.5, 0.6) is 5.75 Å². The number of aromatic nitrogens is 1. The zero-order chi connectivity index (χ0) is 13.8. The molecule has 0 aliphatic heterocycles. The van der Waals surface area contributed by atoms with E-state index in [4.69, 9.17) is 15.0 Å². The van der Waals surface area contributed by atoms with E-state index in [9.17, 15) is 4.79 Å². The molecule has 0 aliphatic carbocycles. The summed E-state index contributed by atoms with van der Waals surface area (Å²) in [5.74, 6) is 5.66. The summed E-state index contributed by atoms with van der Waals surface area (Å²) in [6.45, 7) is 0. The van der Waals surface area contributed by atoms with Gasteiger partial charge in [0.1, 0.15) is 5.75 Å². The fraction of sp³-hybridized carbons (Fsp3) is 0.167. The van der Waals surface area contributed by atoms with E-state index in [-0.39, 0.29) is 17.5 Å². The van der Waals surface area contributed by atoms with Crippen LogP contribution in [0.3, 0.4) is 0 Å². The van der Waals surface area contributed by atoms with Gasteiger partial charge in [0.15, 0.2) is 0 Å². The molecule has 1 aromatic carbocycles. The lowest BCUT2D eigenvalue weighted by molar-refractivity contribution is 0.0595. The summed E-state index contributed by atoms with van der Waals surface area (Å²) in [6.07, 6.45) is 0. The molecule has 0 aliphatic rings. The second-order valence-corrected chi connectivity index (χ2v) is 3.56. The van der Waals surface area contributed by atoms with Gasteiger partial charge in [0.25, 0.3) is 0 Å². The standard InChI is InChI=1S/C12H13N3O4/c1-17-8-5-3-7(4-6-8)10-14-9(12(16)18-2)11(15-13)19-10/h3-6,15H,13H2,1-2H3. The van der Waals surface area contributed by atoms with Crippen LogP contribution in [0.1, 0.15) is 10.5 Å². The lowest BCUT2D eigenvalue weighted by atomic mass is 10.2. The molecule has 7 heteroatoms. The van der Waals surface area contributed by atoms with Crippen LogP contribution in [-0.4, -0.2) is 25.2 Å². The quantitative estimate of drug-likeness (QED) is 0.489. The lowest BCUT2D eigenvalue weighted by Crippen LogP contribution is -2.11. The average molecular weight is 263 g/mol. The smallest absolute Gasteiger partial charge is 0.362 e. The monoisotopic (exact) mass is 263 g/mol. The minimum absolute atomic E-state index is 0.00387. The molecule has 100 valence electrons. The summed E-state index contributed by atoms with van der Waals surface area (Å²) in [5.41, 5.74) is 2.95. The lowest BCUT2D eigenvalue weighted by Gasteiger charge is -1.99. The Kier molecular flexibility index (Phi) is 3.67. The average Bonchev–Trinajstić information content (AvgIpc) is 2.90. The maximum Gasteiger partial charge on any atom is 0.362 e. The number of methoxy groups -OCH3 is 2. The van der Waals surface area contributed by atoms with Crippen molar-refractivity contribution < 1.29 is 18.7 Å². The topological polar surface area (TPSA) is 99.6 Å². The first kappa shape index (κ1) is 12.9. The Bertz CT molecular complexity index is 577. The highest BCUT2D eigenvalue weighted by atomic mass is 16.5. The molecule has 0 spiro atoms. The van der Waals surface area contributed by atoms with Gasteiger partial charge >= 0.3 is 5.97 Å². The van der Waals surface area contributed by atoms with Crippen molar-refractivity contribution in [1.82, 2.24) is 4.98 Å². The first-order valence-electron chi connectivity index (χ1n) is 5.39. The first-order valence-corrected chi connectivity index (χ1v) is 5.39. The predicted octanol–water partition coefficient (Wildman–Crippen LogP) is 1.42. The summed E-state index contributed by atoms with van der Waals surface area (Å²) in [7, 11) is 2.83. The number of nitrogens with zero attached hydrogens (tertiary/aromatic N) is 1. The Labute approximate surface area is 109 Å². The highest BCUT2D eigenvalue weighted by molar-refractivity contribution is 5.92. The number of rotatable bonds is 4. The summed E-state index contributed by atoms with van der Waals surface area (Å²) < 4.78 is 15.0. The molecular weight excluding hydrogens is 250 g/mol. The van der Waals surface area contributed by atoms with E-state index in [1.165, 1.54) is 7.11 Å². The van der Waals surface area contributed by atoms with Crippen molar-refractivity contribution >= 4 is 11.9 Å². The van der Waals surface area contributed by atoms with E-state index >= 15 is 0 Å². The third-order valence-electron chi connectivity index (χ3n) is 2.47. The van der Waals surface area contributed by atoms with Gasteiger partial charge in [0.05, 0.1) is 14.2 Å². The molecule has 0 saturated carbocycles. The minimum Gasteiger partial charge on any atom is -0.497 e. The second kappa shape index (κ2) is 5.40. The minimum atomic E-state index is -0.628. The molecule has 0 unspecified atom stereocenters. The number of hydrogen-bond donors (Lipinski definition) is 2. The van der Waals surface area contributed by atoms with Crippen molar-refractivity contribution in [2.45, 2.75) is 0 Å². The molecule has 3 N–H and O–H groups in total. The van der Waals surface area contributed by atoms with Gasteiger partial charge in [-0.25, -0.2) is 10.6 Å². The molecule has 1 aromatic heterocycles. The van der Waals surface area contributed by atoms with Crippen LogP contribution in [-0.2, 0) is 4.74 Å². The Balaban J connectivity index is 2.39. The number of esters is 1. The molecular formula is C12H13N3O4. The number of carbonyl (C=O) groups excluding carboxylic acids is 1. The van der Waals surface area contributed by atoms with Crippen LogP contribution in [0.4, 0.5) is 5.88 Å².